The second-order valence-electron chi connectivity index (χ2n) is 5.38. The van der Waals surface area contributed by atoms with Crippen LogP contribution in [0.3, 0.4) is 0 Å². The van der Waals surface area contributed by atoms with Gasteiger partial charge in [0.05, 0.1) is 42.3 Å². The largest absolute Gasteiger partial charge is 0.478 e. The second-order valence-corrected chi connectivity index (χ2v) is 6.90. The molecule has 1 aromatic heterocycles. The van der Waals surface area contributed by atoms with Gasteiger partial charge < -0.3 is 15.8 Å². The zero-order valence-electron chi connectivity index (χ0n) is 12.7. The lowest BCUT2D eigenvalue weighted by Gasteiger charge is -2.13. The maximum Gasteiger partial charge on any atom is 0.338 e. The van der Waals surface area contributed by atoms with Gasteiger partial charge in [-0.15, -0.1) is 0 Å². The number of halogens is 4. The minimum absolute atomic E-state index is 0.136. The number of imidazole rings is 1. The number of hydrogen-bond acceptors (Lipinski definition) is 4. The van der Waals surface area contributed by atoms with Crippen LogP contribution in [0.2, 0.25) is 20.1 Å². The maximum absolute atomic E-state index is 12.8. The summed E-state index contributed by atoms with van der Waals surface area (Å²) in [6.07, 6.45) is -0.136. The van der Waals surface area contributed by atoms with E-state index in [1.54, 1.807) is 18.2 Å². The Bertz CT molecular complexity index is 1080. The normalized spacial score (nSPS) is 11.1. The van der Waals surface area contributed by atoms with Crippen LogP contribution < -0.4 is 5.73 Å². The van der Waals surface area contributed by atoms with Crippen molar-refractivity contribution in [2.24, 2.45) is 0 Å². The Hall–Kier alpha value is -1.99. The number of nitrogen functional groups attached to an aromatic ring is 1. The molecule has 0 aliphatic heterocycles. The monoisotopic (exact) mass is 431 g/mol. The van der Waals surface area contributed by atoms with Gasteiger partial charge >= 0.3 is 5.97 Å². The first-order valence-electron chi connectivity index (χ1n) is 7.07. The highest BCUT2D eigenvalue weighted by Crippen LogP contribution is 2.42. The number of aromatic amines is 1. The van der Waals surface area contributed by atoms with E-state index in [-0.39, 0.29) is 38.0 Å². The van der Waals surface area contributed by atoms with Crippen LogP contribution in [0.1, 0.15) is 26.3 Å². The van der Waals surface area contributed by atoms with Crippen LogP contribution in [-0.4, -0.2) is 26.8 Å². The molecule has 0 amide bonds. The van der Waals surface area contributed by atoms with Gasteiger partial charge in [-0.2, -0.15) is 0 Å². The van der Waals surface area contributed by atoms with Gasteiger partial charge in [0, 0.05) is 6.42 Å². The predicted octanol–water partition coefficient (Wildman–Crippen LogP) is 4.88. The Labute approximate surface area is 166 Å². The molecule has 0 saturated heterocycles. The number of rotatable bonds is 4. The van der Waals surface area contributed by atoms with E-state index in [0.717, 1.165) is 0 Å². The second kappa shape index (κ2) is 6.96. The van der Waals surface area contributed by atoms with E-state index < -0.39 is 17.3 Å². The van der Waals surface area contributed by atoms with E-state index >= 15 is 0 Å². The van der Waals surface area contributed by atoms with E-state index in [1.165, 1.54) is 0 Å². The highest BCUT2D eigenvalue weighted by molar-refractivity contribution is 6.54. The Morgan fingerprint density at radius 3 is 2.27 bits per heavy atom. The van der Waals surface area contributed by atoms with Gasteiger partial charge in [-0.3, -0.25) is 4.79 Å². The summed E-state index contributed by atoms with van der Waals surface area (Å²) in [5, 5.41) is 8.43. The zero-order chi connectivity index (χ0) is 19.2. The van der Waals surface area contributed by atoms with E-state index in [2.05, 4.69) is 9.97 Å². The van der Waals surface area contributed by atoms with Crippen LogP contribution in [0.4, 0.5) is 5.95 Å². The van der Waals surface area contributed by atoms with Crippen molar-refractivity contribution in [2.45, 2.75) is 6.42 Å². The summed E-state index contributed by atoms with van der Waals surface area (Å²) in [7, 11) is 0. The molecular formula is C16H9Cl4N3O3. The SMILES string of the molecule is Nc1nc2ccc(CC(=O)c3c(Cl)c(Cl)c(Cl)c(Cl)c3C(=O)O)cc2[nH]1. The van der Waals surface area contributed by atoms with E-state index in [0.29, 0.717) is 16.6 Å². The fraction of sp³-hybridized carbons (Fsp3) is 0.0625. The number of nitrogens with two attached hydrogens (primary N) is 1. The molecular weight excluding hydrogens is 424 g/mol. The molecule has 4 N–H and O–H groups in total. The number of carboxylic acids is 1. The highest BCUT2D eigenvalue weighted by Gasteiger charge is 2.28. The molecule has 0 aliphatic carbocycles. The molecule has 0 atom stereocenters. The zero-order valence-corrected chi connectivity index (χ0v) is 15.8. The average Bonchev–Trinajstić information content (AvgIpc) is 2.94. The van der Waals surface area contributed by atoms with Crippen LogP contribution >= 0.6 is 46.4 Å². The Morgan fingerprint density at radius 2 is 1.65 bits per heavy atom. The van der Waals surface area contributed by atoms with E-state index in [4.69, 9.17) is 52.1 Å². The van der Waals surface area contributed by atoms with Gasteiger partial charge in [0.1, 0.15) is 0 Å². The van der Waals surface area contributed by atoms with Crippen molar-refractivity contribution in [1.82, 2.24) is 9.97 Å². The quantitative estimate of drug-likeness (QED) is 0.309. The number of H-pyrrole nitrogens is 1. The van der Waals surface area contributed by atoms with E-state index in [9.17, 15) is 14.7 Å². The maximum atomic E-state index is 12.8. The molecule has 0 bridgehead atoms. The number of anilines is 1. The van der Waals surface area contributed by atoms with Crippen molar-refractivity contribution in [2.75, 3.05) is 5.73 Å². The molecule has 0 fully saturated rings. The molecule has 3 aromatic rings. The number of benzene rings is 2. The number of carbonyl (C=O) groups excluding carboxylic acids is 1. The first-order valence-corrected chi connectivity index (χ1v) is 8.58. The summed E-state index contributed by atoms with van der Waals surface area (Å²) in [6, 6.07) is 5.05. The van der Waals surface area contributed by atoms with Crippen molar-refractivity contribution < 1.29 is 14.7 Å². The number of ketones is 1. The van der Waals surface area contributed by atoms with Gasteiger partial charge in [-0.1, -0.05) is 52.5 Å². The van der Waals surface area contributed by atoms with Crippen LogP contribution in [0.15, 0.2) is 18.2 Å². The minimum atomic E-state index is -1.43. The molecule has 2 aromatic carbocycles. The third-order valence-corrected chi connectivity index (χ3v) is 5.49. The molecule has 0 unspecified atom stereocenters. The number of Topliss-reactive ketones (excluding diaryl/α,β-unsaturated/α-hetero) is 1. The third-order valence-electron chi connectivity index (χ3n) is 3.69. The van der Waals surface area contributed by atoms with Crippen molar-refractivity contribution >= 4 is 75.1 Å². The van der Waals surface area contributed by atoms with Gasteiger partial charge in [0.15, 0.2) is 11.7 Å². The number of fused-ring (bicyclic) bond motifs is 1. The first kappa shape index (κ1) is 18.8. The number of nitrogens with zero attached hydrogens (tertiary/aromatic N) is 1. The molecule has 0 spiro atoms. The molecule has 6 nitrogen and oxygen atoms in total. The fourth-order valence-corrected chi connectivity index (χ4v) is 3.59. The number of nitrogens with one attached hydrogen (secondary N) is 1. The van der Waals surface area contributed by atoms with Crippen molar-refractivity contribution in [3.63, 3.8) is 0 Å². The summed E-state index contributed by atoms with van der Waals surface area (Å²) in [5.74, 6) is -1.76. The van der Waals surface area contributed by atoms with Crippen molar-refractivity contribution in [1.29, 1.82) is 0 Å². The molecule has 1 heterocycles. The van der Waals surface area contributed by atoms with E-state index in [1.807, 2.05) is 0 Å². The minimum Gasteiger partial charge on any atom is -0.478 e. The molecule has 3 rings (SSSR count). The third kappa shape index (κ3) is 3.21. The fourth-order valence-electron chi connectivity index (χ4n) is 2.55. The lowest BCUT2D eigenvalue weighted by molar-refractivity contribution is 0.0692. The highest BCUT2D eigenvalue weighted by atomic mass is 35.5. The lowest BCUT2D eigenvalue weighted by atomic mass is 9.98. The molecule has 0 aliphatic rings. The number of hydrogen-bond donors (Lipinski definition) is 3. The predicted molar refractivity (Wildman–Crippen MR) is 102 cm³/mol. The van der Waals surface area contributed by atoms with Crippen LogP contribution in [0.25, 0.3) is 11.0 Å². The molecule has 0 radical (unpaired) electrons. The van der Waals surface area contributed by atoms with Gasteiger partial charge in [0.25, 0.3) is 0 Å². The Kier molecular flexibility index (Phi) is 5.03. The van der Waals surface area contributed by atoms with Crippen LogP contribution in [0, 0.1) is 0 Å². The number of carbonyl (C=O) groups is 2. The standard InChI is InChI=1S/C16H9Cl4N3O3/c17-11-9(10(15(25)26)12(18)14(20)13(11)19)8(24)4-5-1-2-6-7(3-5)23-16(21)22-6/h1-3H,4H2,(H,25,26)(H3,21,22,23). The topological polar surface area (TPSA) is 109 Å². The lowest BCUT2D eigenvalue weighted by Crippen LogP contribution is -2.13. The molecule has 134 valence electrons. The van der Waals surface area contributed by atoms with Crippen molar-refractivity contribution in [3.8, 4) is 0 Å². The summed E-state index contributed by atoms with van der Waals surface area (Å²) in [5.41, 5.74) is 6.70. The average molecular weight is 433 g/mol. The van der Waals surface area contributed by atoms with Gasteiger partial charge in [-0.25, -0.2) is 9.78 Å². The van der Waals surface area contributed by atoms with Crippen molar-refractivity contribution in [3.05, 3.63) is 55.0 Å². The Morgan fingerprint density at radius 1 is 1.04 bits per heavy atom. The van der Waals surface area contributed by atoms with Crippen LogP contribution in [-0.2, 0) is 6.42 Å². The molecule has 10 heteroatoms. The Balaban J connectivity index is 2.07. The molecule has 0 saturated carbocycles. The summed E-state index contributed by atoms with van der Waals surface area (Å²) >= 11 is 23.9. The smallest absolute Gasteiger partial charge is 0.338 e. The van der Waals surface area contributed by atoms with Gasteiger partial charge in [-0.05, 0) is 17.7 Å². The molecule has 26 heavy (non-hydrogen) atoms. The van der Waals surface area contributed by atoms with Gasteiger partial charge in [0.2, 0.25) is 0 Å². The number of aromatic carboxylic acids is 1. The first-order chi connectivity index (χ1) is 12.2. The number of carboxylic acid groups (broad SMARTS) is 1. The van der Waals surface area contributed by atoms with Crippen LogP contribution in [0.5, 0.6) is 0 Å². The summed E-state index contributed by atoms with van der Waals surface area (Å²) in [4.78, 5) is 31.2. The number of aromatic nitrogens is 2. The summed E-state index contributed by atoms with van der Waals surface area (Å²) < 4.78 is 0. The summed E-state index contributed by atoms with van der Waals surface area (Å²) in [6.45, 7) is 0.